The average Bonchev–Trinajstić information content (AvgIpc) is 3.45. The largest absolute Gasteiger partial charge is 0.467 e. The highest BCUT2D eigenvalue weighted by Crippen LogP contribution is 2.32. The molecule has 0 N–H and O–H groups in total. The number of benzene rings is 2. The van der Waals surface area contributed by atoms with Crippen molar-refractivity contribution in [3.8, 4) is 11.5 Å². The van der Waals surface area contributed by atoms with Crippen molar-refractivity contribution in [3.63, 3.8) is 0 Å². The highest BCUT2D eigenvalue weighted by Gasteiger charge is 2.17. The standard InChI is InChI=1S/C23H22N2O5/c1-17(19-9-10-21-22(12-19)29-16-28-21)24-30-15-23(26)25(14-20-8-5-11-27-20)13-18-6-3-2-4-7-18/h2-12H,13-16H2,1H3/b24-17-. The van der Waals surface area contributed by atoms with Crippen LogP contribution in [0.2, 0.25) is 0 Å². The number of fused-ring (bicyclic) bond motifs is 1. The topological polar surface area (TPSA) is 73.5 Å². The van der Waals surface area contributed by atoms with Crippen molar-refractivity contribution in [1.29, 1.82) is 0 Å². The van der Waals surface area contributed by atoms with Gasteiger partial charge in [-0.2, -0.15) is 0 Å². The average molecular weight is 406 g/mol. The van der Waals surface area contributed by atoms with Crippen LogP contribution in [0.5, 0.6) is 11.5 Å². The third-order valence-electron chi connectivity index (χ3n) is 4.68. The summed E-state index contributed by atoms with van der Waals surface area (Å²) < 4.78 is 16.1. The summed E-state index contributed by atoms with van der Waals surface area (Å²) in [7, 11) is 0. The van der Waals surface area contributed by atoms with E-state index in [2.05, 4.69) is 5.16 Å². The summed E-state index contributed by atoms with van der Waals surface area (Å²) in [4.78, 5) is 19.8. The minimum atomic E-state index is -0.183. The Kier molecular flexibility index (Phi) is 5.98. The fourth-order valence-corrected chi connectivity index (χ4v) is 3.08. The van der Waals surface area contributed by atoms with Gasteiger partial charge in [-0.05, 0) is 42.8 Å². The first-order valence-electron chi connectivity index (χ1n) is 9.60. The van der Waals surface area contributed by atoms with E-state index in [0.29, 0.717) is 36.1 Å². The van der Waals surface area contributed by atoms with Crippen molar-refractivity contribution in [2.75, 3.05) is 13.4 Å². The Hall–Kier alpha value is -3.74. The van der Waals surface area contributed by atoms with Crippen LogP contribution in [-0.4, -0.2) is 29.9 Å². The number of nitrogens with zero attached hydrogens (tertiary/aromatic N) is 2. The van der Waals surface area contributed by atoms with Gasteiger partial charge in [0.2, 0.25) is 6.79 Å². The first-order valence-corrected chi connectivity index (χ1v) is 9.60. The van der Waals surface area contributed by atoms with E-state index in [0.717, 1.165) is 11.1 Å². The molecular weight excluding hydrogens is 384 g/mol. The molecular formula is C23H22N2O5. The summed E-state index contributed by atoms with van der Waals surface area (Å²) in [5.41, 5.74) is 2.50. The molecule has 0 radical (unpaired) electrons. The van der Waals surface area contributed by atoms with Crippen LogP contribution in [0.25, 0.3) is 0 Å². The van der Waals surface area contributed by atoms with Crippen LogP contribution < -0.4 is 9.47 Å². The molecule has 1 aliphatic heterocycles. The summed E-state index contributed by atoms with van der Waals surface area (Å²) in [6.07, 6.45) is 1.59. The van der Waals surface area contributed by atoms with Crippen LogP contribution in [0.3, 0.4) is 0 Å². The van der Waals surface area contributed by atoms with Gasteiger partial charge in [0.1, 0.15) is 5.76 Å². The summed E-state index contributed by atoms with van der Waals surface area (Å²) >= 11 is 0. The van der Waals surface area contributed by atoms with Crippen molar-refractivity contribution in [2.45, 2.75) is 20.0 Å². The number of carbonyl (C=O) groups is 1. The van der Waals surface area contributed by atoms with Gasteiger partial charge in [-0.1, -0.05) is 35.5 Å². The number of furan rings is 1. The van der Waals surface area contributed by atoms with E-state index in [1.807, 2.05) is 61.5 Å². The lowest BCUT2D eigenvalue weighted by Crippen LogP contribution is -2.32. The third-order valence-corrected chi connectivity index (χ3v) is 4.68. The van der Waals surface area contributed by atoms with Gasteiger partial charge in [0, 0.05) is 12.1 Å². The second-order valence-corrected chi connectivity index (χ2v) is 6.83. The van der Waals surface area contributed by atoms with E-state index in [-0.39, 0.29) is 19.3 Å². The van der Waals surface area contributed by atoms with Gasteiger partial charge in [-0.25, -0.2) is 0 Å². The maximum absolute atomic E-state index is 12.8. The van der Waals surface area contributed by atoms with Gasteiger partial charge in [0.25, 0.3) is 5.91 Å². The molecule has 7 heteroatoms. The molecule has 2 aromatic carbocycles. The number of hydrogen-bond donors (Lipinski definition) is 0. The van der Waals surface area contributed by atoms with Gasteiger partial charge >= 0.3 is 0 Å². The fourth-order valence-electron chi connectivity index (χ4n) is 3.08. The van der Waals surface area contributed by atoms with Crippen LogP contribution in [0.4, 0.5) is 0 Å². The smallest absolute Gasteiger partial charge is 0.264 e. The zero-order valence-corrected chi connectivity index (χ0v) is 16.6. The van der Waals surface area contributed by atoms with Gasteiger partial charge in [-0.15, -0.1) is 0 Å². The van der Waals surface area contributed by atoms with Gasteiger partial charge < -0.3 is 23.6 Å². The Labute approximate surface area is 174 Å². The molecule has 0 saturated heterocycles. The SMILES string of the molecule is C/C(=N/OCC(=O)N(Cc1ccccc1)Cc1ccco1)c1ccc2c(c1)OCO2. The molecule has 0 spiro atoms. The Bertz CT molecular complexity index is 1020. The Morgan fingerprint density at radius 2 is 1.87 bits per heavy atom. The molecule has 4 rings (SSSR count). The molecule has 1 amide bonds. The van der Waals surface area contributed by atoms with E-state index in [4.69, 9.17) is 18.7 Å². The predicted molar refractivity (Wildman–Crippen MR) is 110 cm³/mol. The highest BCUT2D eigenvalue weighted by atomic mass is 16.7. The maximum atomic E-state index is 12.8. The molecule has 0 unspecified atom stereocenters. The lowest BCUT2D eigenvalue weighted by molar-refractivity contribution is -0.137. The minimum absolute atomic E-state index is 0.171. The van der Waals surface area contributed by atoms with E-state index >= 15 is 0 Å². The summed E-state index contributed by atoms with van der Waals surface area (Å²) in [6, 6.07) is 19.0. The van der Waals surface area contributed by atoms with E-state index in [1.54, 1.807) is 17.2 Å². The van der Waals surface area contributed by atoms with Crippen LogP contribution in [0.1, 0.15) is 23.8 Å². The normalized spacial score (nSPS) is 12.6. The van der Waals surface area contributed by atoms with E-state index < -0.39 is 0 Å². The molecule has 0 atom stereocenters. The van der Waals surface area contributed by atoms with Crippen LogP contribution in [-0.2, 0) is 22.7 Å². The Morgan fingerprint density at radius 1 is 1.03 bits per heavy atom. The van der Waals surface area contributed by atoms with Crippen molar-refractivity contribution in [2.24, 2.45) is 5.16 Å². The van der Waals surface area contributed by atoms with Crippen LogP contribution in [0.15, 0.2) is 76.5 Å². The molecule has 1 aliphatic rings. The lowest BCUT2D eigenvalue weighted by atomic mass is 10.1. The monoisotopic (exact) mass is 406 g/mol. The van der Waals surface area contributed by atoms with Crippen molar-refractivity contribution in [3.05, 3.63) is 83.8 Å². The summed E-state index contributed by atoms with van der Waals surface area (Å²) in [5, 5.41) is 4.10. The molecule has 3 aromatic rings. The van der Waals surface area contributed by atoms with Gasteiger partial charge in [0.05, 0.1) is 18.5 Å². The molecule has 0 saturated carbocycles. The molecule has 1 aromatic heterocycles. The third kappa shape index (κ3) is 4.81. The fraction of sp³-hybridized carbons (Fsp3) is 0.217. The van der Waals surface area contributed by atoms with E-state index in [9.17, 15) is 4.79 Å². The quantitative estimate of drug-likeness (QED) is 0.418. The molecule has 154 valence electrons. The van der Waals surface area contributed by atoms with Crippen molar-refractivity contribution < 1.29 is 23.5 Å². The summed E-state index contributed by atoms with van der Waals surface area (Å²) in [6.45, 7) is 2.67. The zero-order chi connectivity index (χ0) is 20.8. The minimum Gasteiger partial charge on any atom is -0.467 e. The second kappa shape index (κ2) is 9.17. The Morgan fingerprint density at radius 3 is 2.67 bits per heavy atom. The lowest BCUT2D eigenvalue weighted by Gasteiger charge is -2.21. The number of carbonyl (C=O) groups excluding carboxylic acids is 1. The second-order valence-electron chi connectivity index (χ2n) is 6.83. The molecule has 2 heterocycles. The molecule has 7 nitrogen and oxygen atoms in total. The van der Waals surface area contributed by atoms with Gasteiger partial charge in [-0.3, -0.25) is 4.79 Å². The van der Waals surface area contributed by atoms with Crippen LogP contribution in [0, 0.1) is 0 Å². The number of hydrogen-bond acceptors (Lipinski definition) is 6. The first-order chi connectivity index (χ1) is 14.7. The molecule has 0 fully saturated rings. The zero-order valence-electron chi connectivity index (χ0n) is 16.6. The maximum Gasteiger partial charge on any atom is 0.264 e. The number of rotatable bonds is 8. The molecule has 0 aliphatic carbocycles. The van der Waals surface area contributed by atoms with E-state index in [1.165, 1.54) is 0 Å². The highest BCUT2D eigenvalue weighted by molar-refractivity contribution is 5.99. The molecule has 0 bridgehead atoms. The molecule has 30 heavy (non-hydrogen) atoms. The van der Waals surface area contributed by atoms with Crippen molar-refractivity contribution >= 4 is 11.6 Å². The van der Waals surface area contributed by atoms with Crippen molar-refractivity contribution in [1.82, 2.24) is 4.90 Å². The predicted octanol–water partition coefficient (Wildman–Crippen LogP) is 3.98. The number of oxime groups is 1. The van der Waals surface area contributed by atoms with Gasteiger partial charge in [0.15, 0.2) is 18.1 Å². The number of ether oxygens (including phenoxy) is 2. The number of amides is 1. The Balaban J connectivity index is 1.39. The first kappa shape index (κ1) is 19.6. The van der Waals surface area contributed by atoms with Crippen LogP contribution >= 0.6 is 0 Å². The summed E-state index contributed by atoms with van der Waals surface area (Å²) in [5.74, 6) is 1.90.